The van der Waals surface area contributed by atoms with Crippen LogP contribution in [0.3, 0.4) is 0 Å². The third-order valence-electron chi connectivity index (χ3n) is 1.51. The van der Waals surface area contributed by atoms with E-state index < -0.39 is 18.2 Å². The first-order valence-electron chi connectivity index (χ1n) is 4.95. The van der Waals surface area contributed by atoms with Gasteiger partial charge in [0.25, 0.3) is 0 Å². The van der Waals surface area contributed by atoms with Gasteiger partial charge in [-0.2, -0.15) is 0 Å². The lowest BCUT2D eigenvalue weighted by Crippen LogP contribution is -2.21. The van der Waals surface area contributed by atoms with Crippen molar-refractivity contribution in [3.8, 4) is 5.75 Å². The van der Waals surface area contributed by atoms with Crippen LogP contribution in [-0.4, -0.2) is 16.9 Å². The number of phenols is 1. The molecule has 0 aliphatic carbocycles. The van der Waals surface area contributed by atoms with Crippen molar-refractivity contribution in [1.29, 1.82) is 0 Å². The molecule has 16 heavy (non-hydrogen) atoms. The van der Waals surface area contributed by atoms with Crippen LogP contribution in [0.15, 0.2) is 24.3 Å². The Morgan fingerprint density at radius 3 is 2.38 bits per heavy atom. The summed E-state index contributed by atoms with van der Waals surface area (Å²) >= 11 is 0. The molecule has 0 unspecified atom stereocenters. The number of para-hydroxylation sites is 2. The zero-order chi connectivity index (χ0) is 12.6. The van der Waals surface area contributed by atoms with Crippen LogP contribution in [0.2, 0.25) is 0 Å². The van der Waals surface area contributed by atoms with Crippen LogP contribution in [-0.2, 0) is 9.59 Å². The Morgan fingerprint density at radius 2 is 1.88 bits per heavy atom. The minimum Gasteiger partial charge on any atom is -0.506 e. The zero-order valence-electron chi connectivity index (χ0n) is 9.36. The van der Waals surface area contributed by atoms with Gasteiger partial charge in [-0.15, -0.1) is 0 Å². The van der Waals surface area contributed by atoms with E-state index in [2.05, 4.69) is 5.32 Å². The Hall–Kier alpha value is -2.04. The maximum atomic E-state index is 11.1. The summed E-state index contributed by atoms with van der Waals surface area (Å²) in [6, 6.07) is 6.23. The van der Waals surface area contributed by atoms with Crippen LogP contribution in [0.1, 0.15) is 20.3 Å². The van der Waals surface area contributed by atoms with Crippen LogP contribution >= 0.6 is 0 Å². The summed E-state index contributed by atoms with van der Waals surface area (Å²) in [5.74, 6) is -1.30. The van der Waals surface area contributed by atoms with E-state index in [1.165, 1.54) is 12.1 Å². The van der Waals surface area contributed by atoms with E-state index in [9.17, 15) is 14.7 Å². The maximum Gasteiger partial charge on any atom is 0.233 e. The minimum absolute atomic E-state index is 0.0506. The highest BCUT2D eigenvalue weighted by atomic mass is 16.3. The number of rotatable bonds is 3. The Bertz CT molecular complexity index is 364. The molecule has 0 bridgehead atoms. The third kappa shape index (κ3) is 4.99. The summed E-state index contributed by atoms with van der Waals surface area (Å²) in [6.07, 6.45) is -0.395. The van der Waals surface area contributed by atoms with Crippen molar-refractivity contribution < 1.29 is 14.7 Å². The van der Waals surface area contributed by atoms with E-state index in [1.54, 1.807) is 12.1 Å². The molecule has 4 N–H and O–H groups in total. The summed E-state index contributed by atoms with van der Waals surface area (Å²) in [6.45, 7) is 4.00. The van der Waals surface area contributed by atoms with Crippen LogP contribution in [0.5, 0.6) is 5.75 Å². The molecule has 1 rings (SSSR count). The second-order valence-corrected chi connectivity index (χ2v) is 2.71. The van der Waals surface area contributed by atoms with Crippen molar-refractivity contribution in [3.63, 3.8) is 0 Å². The molecule has 0 aromatic heterocycles. The summed E-state index contributed by atoms with van der Waals surface area (Å²) in [7, 11) is 0. The number of hydrogen-bond donors (Lipinski definition) is 3. The van der Waals surface area contributed by atoms with Crippen LogP contribution in [0.25, 0.3) is 0 Å². The van der Waals surface area contributed by atoms with Crippen molar-refractivity contribution >= 4 is 17.5 Å². The fourth-order valence-corrected chi connectivity index (χ4v) is 0.932. The van der Waals surface area contributed by atoms with Gasteiger partial charge < -0.3 is 16.2 Å². The average molecular weight is 224 g/mol. The average Bonchev–Trinajstić information content (AvgIpc) is 2.23. The Kier molecular flexibility index (Phi) is 6.35. The number of aromatic hydroxyl groups is 1. The fourth-order valence-electron chi connectivity index (χ4n) is 0.932. The number of primary amides is 1. The number of carbonyl (C=O) groups excluding carboxylic acids is 2. The molecule has 0 atom stereocenters. The van der Waals surface area contributed by atoms with E-state index in [-0.39, 0.29) is 11.4 Å². The van der Waals surface area contributed by atoms with Crippen molar-refractivity contribution in [3.05, 3.63) is 24.3 Å². The van der Waals surface area contributed by atoms with Gasteiger partial charge in [-0.05, 0) is 12.1 Å². The molecule has 0 aliphatic heterocycles. The number of amides is 2. The van der Waals surface area contributed by atoms with Gasteiger partial charge in [0.1, 0.15) is 12.2 Å². The number of benzene rings is 1. The first-order chi connectivity index (χ1) is 7.59. The second-order valence-electron chi connectivity index (χ2n) is 2.71. The molecule has 5 heteroatoms. The van der Waals surface area contributed by atoms with Crippen molar-refractivity contribution in [2.75, 3.05) is 5.32 Å². The highest BCUT2D eigenvalue weighted by Crippen LogP contribution is 2.21. The lowest BCUT2D eigenvalue weighted by molar-refractivity contribution is -0.124. The molecular weight excluding hydrogens is 208 g/mol. The van der Waals surface area contributed by atoms with Crippen LogP contribution in [0.4, 0.5) is 5.69 Å². The third-order valence-corrected chi connectivity index (χ3v) is 1.51. The molecule has 88 valence electrons. The molecule has 2 amide bonds. The number of nitrogens with two attached hydrogens (primary N) is 1. The number of nitrogens with one attached hydrogen (secondary N) is 1. The highest BCUT2D eigenvalue weighted by molar-refractivity contribution is 6.03. The van der Waals surface area contributed by atoms with Gasteiger partial charge >= 0.3 is 0 Å². The van der Waals surface area contributed by atoms with Gasteiger partial charge in [-0.3, -0.25) is 9.59 Å². The molecule has 1 aromatic rings. The fraction of sp³-hybridized carbons (Fsp3) is 0.273. The minimum atomic E-state index is -0.710. The molecule has 0 saturated heterocycles. The molecule has 0 saturated carbocycles. The van der Waals surface area contributed by atoms with Crippen LogP contribution in [0, 0.1) is 0 Å². The van der Waals surface area contributed by atoms with Gasteiger partial charge in [0.15, 0.2) is 0 Å². The van der Waals surface area contributed by atoms with Gasteiger partial charge in [0.2, 0.25) is 11.8 Å². The van der Waals surface area contributed by atoms with E-state index in [0.717, 1.165) is 0 Å². The van der Waals surface area contributed by atoms with Crippen molar-refractivity contribution in [2.45, 2.75) is 20.3 Å². The largest absolute Gasteiger partial charge is 0.506 e. The summed E-state index contributed by atoms with van der Waals surface area (Å²) in [5.41, 5.74) is 5.09. The molecule has 0 heterocycles. The van der Waals surface area contributed by atoms with Gasteiger partial charge in [0.05, 0.1) is 5.69 Å². The lowest BCUT2D eigenvalue weighted by atomic mass is 10.3. The number of hydrogen-bond acceptors (Lipinski definition) is 3. The predicted octanol–water partition coefficient (Wildman–Crippen LogP) is 1.23. The summed E-state index contributed by atoms with van der Waals surface area (Å²) < 4.78 is 0. The summed E-state index contributed by atoms with van der Waals surface area (Å²) in [4.78, 5) is 21.4. The number of anilines is 1. The van der Waals surface area contributed by atoms with E-state index >= 15 is 0 Å². The maximum absolute atomic E-state index is 11.1. The smallest absolute Gasteiger partial charge is 0.233 e. The molecule has 0 radical (unpaired) electrons. The number of phenolic OH excluding ortho intramolecular Hbond substituents is 1. The molecule has 0 spiro atoms. The molecule has 0 aliphatic rings. The topological polar surface area (TPSA) is 92.4 Å². The Morgan fingerprint density at radius 1 is 1.31 bits per heavy atom. The highest BCUT2D eigenvalue weighted by Gasteiger charge is 2.07. The Labute approximate surface area is 94.3 Å². The molecular formula is C11H16N2O3. The second kappa shape index (κ2) is 7.28. The standard InChI is InChI=1S/C9H10N2O3.C2H6/c10-8(13)5-9(14)11-6-3-1-2-4-7(6)12;1-2/h1-4,12H,5H2,(H2,10,13)(H,11,14);1-2H3. The summed E-state index contributed by atoms with van der Waals surface area (Å²) in [5, 5.41) is 11.6. The SMILES string of the molecule is CC.NC(=O)CC(=O)Nc1ccccc1O. The molecule has 0 fully saturated rings. The van der Waals surface area contributed by atoms with E-state index in [1.807, 2.05) is 13.8 Å². The predicted molar refractivity (Wildman–Crippen MR) is 61.9 cm³/mol. The first-order valence-corrected chi connectivity index (χ1v) is 4.95. The molecule has 1 aromatic carbocycles. The Balaban J connectivity index is 0.00000106. The lowest BCUT2D eigenvalue weighted by Gasteiger charge is -2.04. The number of carbonyl (C=O) groups is 2. The van der Waals surface area contributed by atoms with Crippen molar-refractivity contribution in [1.82, 2.24) is 0 Å². The van der Waals surface area contributed by atoms with Crippen molar-refractivity contribution in [2.24, 2.45) is 5.73 Å². The van der Waals surface area contributed by atoms with E-state index in [0.29, 0.717) is 0 Å². The monoisotopic (exact) mass is 224 g/mol. The first kappa shape index (κ1) is 14.0. The van der Waals surface area contributed by atoms with Gasteiger partial charge in [0, 0.05) is 0 Å². The zero-order valence-corrected chi connectivity index (χ0v) is 9.36. The molecule has 5 nitrogen and oxygen atoms in total. The van der Waals surface area contributed by atoms with E-state index in [4.69, 9.17) is 5.73 Å². The van der Waals surface area contributed by atoms with Gasteiger partial charge in [-0.1, -0.05) is 26.0 Å². The quantitative estimate of drug-likeness (QED) is 0.532. The van der Waals surface area contributed by atoms with Gasteiger partial charge in [-0.25, -0.2) is 0 Å². The van der Waals surface area contributed by atoms with Crippen LogP contribution < -0.4 is 11.1 Å². The normalized spacial score (nSPS) is 8.62.